The summed E-state index contributed by atoms with van der Waals surface area (Å²) in [6, 6.07) is 4.13. The van der Waals surface area contributed by atoms with E-state index in [0.717, 1.165) is 25.1 Å². The number of hydrogen-bond donors (Lipinski definition) is 1. The van der Waals surface area contributed by atoms with Crippen LogP contribution in [0, 0.1) is 0 Å². The van der Waals surface area contributed by atoms with E-state index in [1.54, 1.807) is 28.4 Å². The second-order valence-electron chi connectivity index (χ2n) is 4.48. The Morgan fingerprint density at radius 1 is 1.00 bits per heavy atom. The highest BCUT2D eigenvalue weighted by atomic mass is 16.5. The average Bonchev–Trinajstić information content (AvgIpc) is 2.49. The van der Waals surface area contributed by atoms with Crippen LogP contribution in [0.3, 0.4) is 0 Å². The van der Waals surface area contributed by atoms with Gasteiger partial charge in [-0.05, 0) is 37.6 Å². The van der Waals surface area contributed by atoms with Gasteiger partial charge in [0, 0.05) is 19.8 Å². The minimum Gasteiger partial charge on any atom is -0.493 e. The maximum atomic E-state index is 5.36. The van der Waals surface area contributed by atoms with Gasteiger partial charge >= 0.3 is 0 Å². The van der Waals surface area contributed by atoms with Crippen molar-refractivity contribution in [2.45, 2.75) is 19.4 Å². The Balaban J connectivity index is 2.83. The van der Waals surface area contributed by atoms with Gasteiger partial charge in [0.25, 0.3) is 0 Å². The van der Waals surface area contributed by atoms with Gasteiger partial charge in [-0.3, -0.25) is 0 Å². The monoisotopic (exact) mass is 283 g/mol. The van der Waals surface area contributed by atoms with E-state index >= 15 is 0 Å². The van der Waals surface area contributed by atoms with Crippen molar-refractivity contribution in [3.63, 3.8) is 0 Å². The van der Waals surface area contributed by atoms with Crippen LogP contribution in [0.5, 0.6) is 17.2 Å². The van der Waals surface area contributed by atoms with Crippen molar-refractivity contribution in [2.24, 2.45) is 0 Å². The molecule has 1 atom stereocenters. The van der Waals surface area contributed by atoms with E-state index in [-0.39, 0.29) is 6.04 Å². The SMILES string of the molecule is COCCCNC(C)c1cc(OC)c(OC)c(OC)c1. The molecular weight excluding hydrogens is 258 g/mol. The molecule has 1 rings (SSSR count). The molecule has 1 N–H and O–H groups in total. The van der Waals surface area contributed by atoms with Gasteiger partial charge in [0.1, 0.15) is 0 Å². The summed E-state index contributed by atoms with van der Waals surface area (Å²) in [6.45, 7) is 3.76. The van der Waals surface area contributed by atoms with Crippen LogP contribution < -0.4 is 19.5 Å². The Hall–Kier alpha value is -1.46. The highest BCUT2D eigenvalue weighted by Gasteiger charge is 2.15. The fraction of sp³-hybridized carbons (Fsp3) is 0.600. The molecule has 0 amide bonds. The van der Waals surface area contributed by atoms with Crippen LogP contribution in [-0.2, 0) is 4.74 Å². The lowest BCUT2D eigenvalue weighted by molar-refractivity contribution is 0.193. The van der Waals surface area contributed by atoms with Crippen molar-refractivity contribution < 1.29 is 18.9 Å². The molecule has 0 aliphatic heterocycles. The van der Waals surface area contributed by atoms with Crippen LogP contribution in [-0.4, -0.2) is 41.6 Å². The first-order chi connectivity index (χ1) is 9.67. The number of nitrogens with one attached hydrogen (secondary N) is 1. The van der Waals surface area contributed by atoms with Crippen molar-refractivity contribution in [1.29, 1.82) is 0 Å². The Bertz CT molecular complexity index is 384. The zero-order chi connectivity index (χ0) is 15.0. The topological polar surface area (TPSA) is 49.0 Å². The predicted octanol–water partition coefficient (Wildman–Crippen LogP) is 2.40. The minimum absolute atomic E-state index is 0.195. The molecule has 0 bridgehead atoms. The van der Waals surface area contributed by atoms with Crippen LogP contribution in [0.1, 0.15) is 24.9 Å². The third-order valence-corrected chi connectivity index (χ3v) is 3.16. The van der Waals surface area contributed by atoms with Crippen LogP contribution in [0.2, 0.25) is 0 Å². The quantitative estimate of drug-likeness (QED) is 0.705. The lowest BCUT2D eigenvalue weighted by Crippen LogP contribution is -2.21. The summed E-state index contributed by atoms with van der Waals surface area (Å²) in [5, 5.41) is 3.44. The summed E-state index contributed by atoms with van der Waals surface area (Å²) >= 11 is 0. The second-order valence-corrected chi connectivity index (χ2v) is 4.48. The fourth-order valence-corrected chi connectivity index (χ4v) is 2.00. The third kappa shape index (κ3) is 4.28. The van der Waals surface area contributed by atoms with Crippen molar-refractivity contribution in [2.75, 3.05) is 41.6 Å². The van der Waals surface area contributed by atoms with E-state index in [0.29, 0.717) is 17.2 Å². The largest absolute Gasteiger partial charge is 0.493 e. The van der Waals surface area contributed by atoms with E-state index in [1.807, 2.05) is 12.1 Å². The van der Waals surface area contributed by atoms with Crippen molar-refractivity contribution in [1.82, 2.24) is 5.32 Å². The smallest absolute Gasteiger partial charge is 0.203 e. The van der Waals surface area contributed by atoms with Gasteiger partial charge in [-0.1, -0.05) is 0 Å². The molecule has 0 radical (unpaired) electrons. The molecule has 0 aromatic heterocycles. The van der Waals surface area contributed by atoms with Gasteiger partial charge < -0.3 is 24.3 Å². The first-order valence-electron chi connectivity index (χ1n) is 6.70. The zero-order valence-corrected chi connectivity index (χ0v) is 13.0. The Morgan fingerprint density at radius 3 is 2.05 bits per heavy atom. The molecule has 0 aliphatic rings. The highest BCUT2D eigenvalue weighted by molar-refractivity contribution is 5.54. The molecule has 5 heteroatoms. The molecule has 0 aliphatic carbocycles. The van der Waals surface area contributed by atoms with Crippen molar-refractivity contribution in [3.05, 3.63) is 17.7 Å². The van der Waals surface area contributed by atoms with E-state index in [2.05, 4.69) is 12.2 Å². The van der Waals surface area contributed by atoms with Gasteiger partial charge in [-0.25, -0.2) is 0 Å². The van der Waals surface area contributed by atoms with Gasteiger partial charge in [-0.2, -0.15) is 0 Å². The maximum absolute atomic E-state index is 5.36. The summed E-state index contributed by atoms with van der Waals surface area (Å²) in [4.78, 5) is 0. The predicted molar refractivity (Wildman–Crippen MR) is 79.0 cm³/mol. The first kappa shape index (κ1) is 16.6. The Morgan fingerprint density at radius 2 is 1.60 bits per heavy atom. The molecule has 0 fully saturated rings. The second kappa shape index (κ2) is 8.66. The van der Waals surface area contributed by atoms with E-state index in [4.69, 9.17) is 18.9 Å². The summed E-state index contributed by atoms with van der Waals surface area (Å²) in [5.41, 5.74) is 1.09. The molecule has 0 spiro atoms. The fourth-order valence-electron chi connectivity index (χ4n) is 2.00. The van der Waals surface area contributed by atoms with E-state index in [1.165, 1.54) is 0 Å². The molecule has 0 saturated carbocycles. The standard InChI is InChI=1S/C15H25NO4/c1-11(16-7-6-8-17-2)12-9-13(18-3)15(20-5)14(10-12)19-4/h9-11,16H,6-8H2,1-5H3. The van der Waals surface area contributed by atoms with Crippen LogP contribution in [0.4, 0.5) is 0 Å². The number of benzene rings is 1. The summed E-state index contributed by atoms with van der Waals surface area (Å²) < 4.78 is 21.1. The first-order valence-corrected chi connectivity index (χ1v) is 6.70. The molecule has 5 nitrogen and oxygen atoms in total. The van der Waals surface area contributed by atoms with Crippen molar-refractivity contribution >= 4 is 0 Å². The summed E-state index contributed by atoms with van der Waals surface area (Å²) in [6.07, 6.45) is 0.977. The van der Waals surface area contributed by atoms with Gasteiger partial charge in [0.05, 0.1) is 21.3 Å². The molecule has 1 unspecified atom stereocenters. The molecule has 1 aromatic carbocycles. The van der Waals surface area contributed by atoms with E-state index < -0.39 is 0 Å². The number of ether oxygens (including phenoxy) is 4. The number of methoxy groups -OCH3 is 4. The molecule has 0 heterocycles. The number of hydrogen-bond acceptors (Lipinski definition) is 5. The highest BCUT2D eigenvalue weighted by Crippen LogP contribution is 2.39. The Labute approximate surface area is 121 Å². The molecular formula is C15H25NO4. The Kier molecular flexibility index (Phi) is 7.18. The average molecular weight is 283 g/mol. The lowest BCUT2D eigenvalue weighted by atomic mass is 10.1. The summed E-state index contributed by atoms with van der Waals surface area (Å²) in [5.74, 6) is 1.96. The lowest BCUT2D eigenvalue weighted by Gasteiger charge is -2.18. The normalized spacial score (nSPS) is 12.1. The van der Waals surface area contributed by atoms with Crippen LogP contribution in [0.25, 0.3) is 0 Å². The summed E-state index contributed by atoms with van der Waals surface area (Å²) in [7, 11) is 6.56. The molecule has 114 valence electrons. The van der Waals surface area contributed by atoms with Crippen LogP contribution in [0.15, 0.2) is 12.1 Å². The molecule has 1 aromatic rings. The van der Waals surface area contributed by atoms with Gasteiger partial charge in [0.2, 0.25) is 5.75 Å². The van der Waals surface area contributed by atoms with Gasteiger partial charge in [-0.15, -0.1) is 0 Å². The third-order valence-electron chi connectivity index (χ3n) is 3.16. The maximum Gasteiger partial charge on any atom is 0.203 e. The minimum atomic E-state index is 0.195. The molecule has 20 heavy (non-hydrogen) atoms. The van der Waals surface area contributed by atoms with Gasteiger partial charge in [0.15, 0.2) is 11.5 Å². The molecule has 0 saturated heterocycles. The van der Waals surface area contributed by atoms with Crippen molar-refractivity contribution in [3.8, 4) is 17.2 Å². The number of rotatable bonds is 9. The zero-order valence-electron chi connectivity index (χ0n) is 13.0. The van der Waals surface area contributed by atoms with Crippen LogP contribution >= 0.6 is 0 Å². The van der Waals surface area contributed by atoms with E-state index in [9.17, 15) is 0 Å².